The van der Waals surface area contributed by atoms with Crippen LogP contribution >= 0.6 is 0 Å². The number of unbranched alkanes of at least 4 members (excludes halogenated alkanes) is 1. The van der Waals surface area contributed by atoms with E-state index >= 15 is 0 Å². The van der Waals surface area contributed by atoms with Gasteiger partial charge in [0.15, 0.2) is 0 Å². The molecule has 27 heavy (non-hydrogen) atoms. The second kappa shape index (κ2) is 9.88. The van der Waals surface area contributed by atoms with Crippen molar-refractivity contribution < 1.29 is 14.9 Å². The maximum Gasteiger partial charge on any atom is 0.119 e. The second-order valence-electron chi connectivity index (χ2n) is 7.51. The molecule has 0 radical (unpaired) electrons. The van der Waals surface area contributed by atoms with E-state index in [-0.39, 0.29) is 13.2 Å². The van der Waals surface area contributed by atoms with Crippen molar-refractivity contribution in [2.75, 3.05) is 19.8 Å². The van der Waals surface area contributed by atoms with Crippen LogP contribution in [0.15, 0.2) is 36.4 Å². The first-order chi connectivity index (χ1) is 12.9. The summed E-state index contributed by atoms with van der Waals surface area (Å²) in [5.74, 6) is 0.936. The monoisotopic (exact) mass is 371 g/mol. The molecule has 0 bridgehead atoms. The number of nitrogens with two attached hydrogens (primary N) is 1. The van der Waals surface area contributed by atoms with Crippen LogP contribution < -0.4 is 10.5 Å². The molecule has 0 unspecified atom stereocenters. The zero-order valence-electron chi connectivity index (χ0n) is 16.8. The molecule has 0 aliphatic carbocycles. The van der Waals surface area contributed by atoms with Crippen molar-refractivity contribution in [3.05, 3.63) is 53.1 Å². The summed E-state index contributed by atoms with van der Waals surface area (Å²) in [6.45, 7) is 6.73. The van der Waals surface area contributed by atoms with Crippen LogP contribution in [0.1, 0.15) is 42.9 Å². The lowest BCUT2D eigenvalue weighted by Gasteiger charge is -2.24. The molecular weight excluding hydrogens is 338 g/mol. The average molecular weight is 372 g/mol. The third-order valence-corrected chi connectivity index (χ3v) is 5.06. The first kappa shape index (κ1) is 21.4. The van der Waals surface area contributed by atoms with Crippen molar-refractivity contribution in [2.45, 2.75) is 52.0 Å². The standard InChI is InChI=1S/C23H33NO3/c1-4-5-12-27-21-13-17(2)22(18(3)14-21)20-8-6-19(7-9-20)10-11-23(24,15-25)16-26/h6-9,13-14,25-26H,4-5,10-12,15-16,24H2,1-3H3. The van der Waals surface area contributed by atoms with E-state index in [1.165, 1.54) is 22.3 Å². The molecule has 2 aromatic rings. The van der Waals surface area contributed by atoms with Gasteiger partial charge in [-0.2, -0.15) is 0 Å². The Morgan fingerprint density at radius 1 is 1.00 bits per heavy atom. The Balaban J connectivity index is 2.12. The molecule has 0 heterocycles. The number of hydrogen-bond acceptors (Lipinski definition) is 4. The molecule has 4 heteroatoms. The summed E-state index contributed by atoms with van der Waals surface area (Å²) in [6.07, 6.45) is 3.46. The van der Waals surface area contributed by atoms with Gasteiger partial charge in [-0.3, -0.25) is 0 Å². The number of benzene rings is 2. The maximum absolute atomic E-state index is 9.31. The first-order valence-corrected chi connectivity index (χ1v) is 9.76. The number of aliphatic hydroxyl groups excluding tert-OH is 2. The molecule has 0 aliphatic heterocycles. The molecule has 4 N–H and O–H groups in total. The van der Waals surface area contributed by atoms with Gasteiger partial charge in [-0.15, -0.1) is 0 Å². The Labute approximate surface area is 163 Å². The Kier molecular flexibility index (Phi) is 7.84. The van der Waals surface area contributed by atoms with E-state index < -0.39 is 5.54 Å². The summed E-state index contributed by atoms with van der Waals surface area (Å²) < 4.78 is 5.85. The van der Waals surface area contributed by atoms with Crippen LogP contribution in [0, 0.1) is 13.8 Å². The van der Waals surface area contributed by atoms with Crippen LogP contribution in [-0.4, -0.2) is 35.6 Å². The highest BCUT2D eigenvalue weighted by Gasteiger charge is 2.22. The molecule has 0 aromatic heterocycles. The van der Waals surface area contributed by atoms with Gasteiger partial charge in [0.2, 0.25) is 0 Å². The van der Waals surface area contributed by atoms with E-state index in [0.29, 0.717) is 6.42 Å². The minimum absolute atomic E-state index is 0.216. The van der Waals surface area contributed by atoms with Crippen LogP contribution in [0.5, 0.6) is 5.75 Å². The molecule has 2 rings (SSSR count). The fourth-order valence-electron chi connectivity index (χ4n) is 3.24. The molecule has 0 amide bonds. The van der Waals surface area contributed by atoms with Crippen LogP contribution in [0.4, 0.5) is 0 Å². The SMILES string of the molecule is CCCCOc1cc(C)c(-c2ccc(CCC(N)(CO)CO)cc2)c(C)c1. The summed E-state index contributed by atoms with van der Waals surface area (Å²) in [6, 6.07) is 12.6. The highest BCUT2D eigenvalue weighted by Crippen LogP contribution is 2.31. The van der Waals surface area contributed by atoms with E-state index in [9.17, 15) is 10.2 Å². The third kappa shape index (κ3) is 5.80. The van der Waals surface area contributed by atoms with Gasteiger partial charge in [0.1, 0.15) is 5.75 Å². The zero-order chi connectivity index (χ0) is 19.9. The van der Waals surface area contributed by atoms with Crippen molar-refractivity contribution in [1.29, 1.82) is 0 Å². The topological polar surface area (TPSA) is 75.7 Å². The van der Waals surface area contributed by atoms with Gasteiger partial charge in [-0.25, -0.2) is 0 Å². The number of ether oxygens (including phenoxy) is 1. The van der Waals surface area contributed by atoms with E-state index in [4.69, 9.17) is 10.5 Å². The van der Waals surface area contributed by atoms with Crippen molar-refractivity contribution in [2.24, 2.45) is 5.73 Å². The zero-order valence-corrected chi connectivity index (χ0v) is 16.8. The van der Waals surface area contributed by atoms with Gasteiger partial charge in [-0.1, -0.05) is 37.6 Å². The fourth-order valence-corrected chi connectivity index (χ4v) is 3.24. The predicted molar refractivity (Wildman–Crippen MR) is 111 cm³/mol. The fraction of sp³-hybridized carbons (Fsp3) is 0.478. The van der Waals surface area contributed by atoms with Gasteiger partial charge in [0, 0.05) is 0 Å². The van der Waals surface area contributed by atoms with Gasteiger partial charge in [0.25, 0.3) is 0 Å². The summed E-state index contributed by atoms with van der Waals surface area (Å²) in [5.41, 5.74) is 11.0. The summed E-state index contributed by atoms with van der Waals surface area (Å²) in [7, 11) is 0. The highest BCUT2D eigenvalue weighted by atomic mass is 16.5. The lowest BCUT2D eigenvalue weighted by atomic mass is 9.91. The molecule has 0 saturated heterocycles. The number of hydrogen-bond donors (Lipinski definition) is 3. The Hall–Kier alpha value is -1.88. The normalized spacial score (nSPS) is 11.6. The average Bonchev–Trinajstić information content (AvgIpc) is 2.67. The molecule has 2 aromatic carbocycles. The minimum atomic E-state index is -0.917. The van der Waals surface area contributed by atoms with E-state index in [2.05, 4.69) is 57.2 Å². The van der Waals surface area contributed by atoms with Crippen molar-refractivity contribution in [3.63, 3.8) is 0 Å². The van der Waals surface area contributed by atoms with Gasteiger partial charge >= 0.3 is 0 Å². The van der Waals surface area contributed by atoms with E-state index in [1.54, 1.807) is 0 Å². The minimum Gasteiger partial charge on any atom is -0.494 e. The lowest BCUT2D eigenvalue weighted by Crippen LogP contribution is -2.47. The summed E-state index contributed by atoms with van der Waals surface area (Å²) in [4.78, 5) is 0. The van der Waals surface area contributed by atoms with Gasteiger partial charge in [-0.05, 0) is 73.1 Å². The van der Waals surface area contributed by atoms with Crippen LogP contribution in [0.2, 0.25) is 0 Å². The molecule has 148 valence electrons. The smallest absolute Gasteiger partial charge is 0.119 e. The number of aryl methyl sites for hydroxylation is 3. The molecule has 0 aliphatic rings. The van der Waals surface area contributed by atoms with Gasteiger partial charge < -0.3 is 20.7 Å². The molecule has 0 spiro atoms. The number of aliphatic hydroxyl groups is 2. The maximum atomic E-state index is 9.31. The Morgan fingerprint density at radius 3 is 2.11 bits per heavy atom. The molecule has 0 fully saturated rings. The predicted octanol–water partition coefficient (Wildman–Crippen LogP) is 3.76. The quantitative estimate of drug-likeness (QED) is 0.556. The van der Waals surface area contributed by atoms with Crippen molar-refractivity contribution in [3.8, 4) is 16.9 Å². The third-order valence-electron chi connectivity index (χ3n) is 5.06. The van der Waals surface area contributed by atoms with Crippen LogP contribution in [-0.2, 0) is 6.42 Å². The molecule has 0 saturated carbocycles. The molecule has 4 nitrogen and oxygen atoms in total. The van der Waals surface area contributed by atoms with E-state index in [1.807, 2.05) is 0 Å². The van der Waals surface area contributed by atoms with Crippen LogP contribution in [0.25, 0.3) is 11.1 Å². The van der Waals surface area contributed by atoms with Crippen LogP contribution in [0.3, 0.4) is 0 Å². The summed E-state index contributed by atoms with van der Waals surface area (Å²) in [5, 5.41) is 18.6. The highest BCUT2D eigenvalue weighted by molar-refractivity contribution is 5.72. The molecular formula is C23H33NO3. The van der Waals surface area contributed by atoms with Crippen molar-refractivity contribution in [1.82, 2.24) is 0 Å². The van der Waals surface area contributed by atoms with Gasteiger partial charge in [0.05, 0.1) is 25.4 Å². The number of rotatable bonds is 10. The molecule has 0 atom stereocenters. The van der Waals surface area contributed by atoms with Crippen molar-refractivity contribution >= 4 is 0 Å². The summed E-state index contributed by atoms with van der Waals surface area (Å²) >= 11 is 0. The van der Waals surface area contributed by atoms with E-state index in [0.717, 1.165) is 37.2 Å². The Morgan fingerprint density at radius 2 is 1.59 bits per heavy atom. The largest absolute Gasteiger partial charge is 0.494 e. The Bertz CT molecular complexity index is 698. The lowest BCUT2D eigenvalue weighted by molar-refractivity contribution is 0.115. The first-order valence-electron chi connectivity index (χ1n) is 9.76. The second-order valence-corrected chi connectivity index (χ2v) is 7.51.